The molecule has 0 bridgehead atoms. The average Bonchev–Trinajstić information content (AvgIpc) is 2.31. The van der Waals surface area contributed by atoms with Gasteiger partial charge in [0.25, 0.3) is 0 Å². The van der Waals surface area contributed by atoms with E-state index < -0.39 is 5.41 Å². The number of carbonyl (C=O) groups excluding carboxylic acids is 2. The number of halogens is 1. The fourth-order valence-corrected chi connectivity index (χ4v) is 2.07. The molecule has 1 fully saturated rings. The van der Waals surface area contributed by atoms with Crippen LogP contribution in [0.4, 0.5) is 0 Å². The minimum atomic E-state index is -0.404. The molecule has 118 valence electrons. The molecule has 1 rings (SSSR count). The largest absolute Gasteiger partial charge is 0.355 e. The van der Waals surface area contributed by atoms with Crippen LogP contribution in [0.3, 0.4) is 0 Å². The molecule has 0 aromatic heterocycles. The summed E-state index contributed by atoms with van der Waals surface area (Å²) in [5.41, 5.74) is -0.404. The van der Waals surface area contributed by atoms with Gasteiger partial charge in [-0.3, -0.25) is 9.59 Å². The lowest BCUT2D eigenvalue weighted by molar-refractivity contribution is -0.128. The fourth-order valence-electron chi connectivity index (χ4n) is 2.07. The molecule has 1 heterocycles. The summed E-state index contributed by atoms with van der Waals surface area (Å²) in [6.45, 7) is 9.09. The number of amides is 2. The van der Waals surface area contributed by atoms with Crippen molar-refractivity contribution in [3.63, 3.8) is 0 Å². The molecular formula is C14H28ClN3O2. The van der Waals surface area contributed by atoms with Crippen LogP contribution < -0.4 is 16.0 Å². The third-order valence-corrected chi connectivity index (χ3v) is 3.43. The number of piperidine rings is 1. The van der Waals surface area contributed by atoms with E-state index in [1.165, 1.54) is 0 Å². The Labute approximate surface area is 128 Å². The van der Waals surface area contributed by atoms with Crippen molar-refractivity contribution in [3.8, 4) is 0 Å². The molecule has 3 N–H and O–H groups in total. The molecule has 1 aliphatic rings. The maximum atomic E-state index is 11.8. The van der Waals surface area contributed by atoms with E-state index in [1.807, 2.05) is 20.8 Å². The van der Waals surface area contributed by atoms with Crippen molar-refractivity contribution in [2.24, 2.45) is 5.41 Å². The lowest BCUT2D eigenvalue weighted by Gasteiger charge is -2.30. The quantitative estimate of drug-likeness (QED) is 0.731. The van der Waals surface area contributed by atoms with Crippen molar-refractivity contribution in [1.82, 2.24) is 16.0 Å². The third kappa shape index (κ3) is 6.57. The van der Waals surface area contributed by atoms with E-state index in [9.17, 15) is 9.59 Å². The molecule has 0 aromatic rings. The standard InChI is InChI=1S/C14H27N3O2.ClH/c1-10-11(6-5-8-15-10)17-12(18)7-9-16-13(19)14(2,3)4;/h10-11,15H,5-9H2,1-4H3,(H,16,19)(H,17,18);1H. The van der Waals surface area contributed by atoms with Gasteiger partial charge in [0.15, 0.2) is 0 Å². The summed E-state index contributed by atoms with van der Waals surface area (Å²) in [6, 6.07) is 0.529. The molecule has 0 spiro atoms. The number of hydrogen-bond donors (Lipinski definition) is 3. The highest BCUT2D eigenvalue weighted by molar-refractivity contribution is 5.85. The second-order valence-electron chi connectivity index (χ2n) is 6.31. The van der Waals surface area contributed by atoms with E-state index in [4.69, 9.17) is 0 Å². The van der Waals surface area contributed by atoms with Crippen molar-refractivity contribution in [2.45, 2.75) is 59.0 Å². The van der Waals surface area contributed by atoms with E-state index in [0.29, 0.717) is 19.0 Å². The SMILES string of the molecule is CC1NCCCC1NC(=O)CCNC(=O)C(C)(C)C.Cl. The van der Waals surface area contributed by atoms with E-state index in [2.05, 4.69) is 22.9 Å². The predicted octanol–water partition coefficient (Wildman–Crippen LogP) is 1.22. The van der Waals surface area contributed by atoms with Gasteiger partial charge in [-0.05, 0) is 26.3 Å². The minimum absolute atomic E-state index is 0. The first-order chi connectivity index (χ1) is 8.80. The van der Waals surface area contributed by atoms with Gasteiger partial charge >= 0.3 is 0 Å². The Morgan fingerprint density at radius 1 is 1.30 bits per heavy atom. The highest BCUT2D eigenvalue weighted by atomic mass is 35.5. The molecule has 1 aliphatic heterocycles. The monoisotopic (exact) mass is 305 g/mol. The molecule has 0 saturated carbocycles. The summed E-state index contributed by atoms with van der Waals surface area (Å²) >= 11 is 0. The van der Waals surface area contributed by atoms with Gasteiger partial charge in [0.1, 0.15) is 0 Å². The molecule has 2 unspecified atom stereocenters. The molecule has 2 amide bonds. The molecule has 6 heteroatoms. The lowest BCUT2D eigenvalue weighted by Crippen LogP contribution is -2.52. The van der Waals surface area contributed by atoms with Gasteiger partial charge in [0.05, 0.1) is 0 Å². The van der Waals surface area contributed by atoms with E-state index in [0.717, 1.165) is 19.4 Å². The van der Waals surface area contributed by atoms with Crippen molar-refractivity contribution >= 4 is 24.2 Å². The first kappa shape index (κ1) is 19.2. The van der Waals surface area contributed by atoms with Crippen LogP contribution in [-0.4, -0.2) is 37.0 Å². The highest BCUT2D eigenvalue weighted by Gasteiger charge is 2.23. The zero-order valence-electron chi connectivity index (χ0n) is 12.9. The number of hydrogen-bond acceptors (Lipinski definition) is 3. The summed E-state index contributed by atoms with van der Waals surface area (Å²) in [5, 5.41) is 9.16. The Morgan fingerprint density at radius 3 is 2.50 bits per heavy atom. The van der Waals surface area contributed by atoms with Crippen LogP contribution in [0.15, 0.2) is 0 Å². The Balaban J connectivity index is 0.00000361. The number of rotatable bonds is 4. The van der Waals surface area contributed by atoms with Crippen LogP contribution in [0.1, 0.15) is 47.0 Å². The van der Waals surface area contributed by atoms with Gasteiger partial charge in [0.2, 0.25) is 11.8 Å². The zero-order chi connectivity index (χ0) is 14.5. The van der Waals surface area contributed by atoms with Crippen LogP contribution in [-0.2, 0) is 9.59 Å². The first-order valence-corrected chi connectivity index (χ1v) is 7.12. The summed E-state index contributed by atoms with van der Waals surface area (Å²) in [4.78, 5) is 23.4. The van der Waals surface area contributed by atoms with Gasteiger partial charge < -0.3 is 16.0 Å². The molecule has 0 radical (unpaired) electrons. The van der Waals surface area contributed by atoms with Gasteiger partial charge in [-0.1, -0.05) is 20.8 Å². The average molecular weight is 306 g/mol. The second-order valence-corrected chi connectivity index (χ2v) is 6.31. The molecular weight excluding hydrogens is 278 g/mol. The normalized spacial score (nSPS) is 22.6. The molecule has 2 atom stereocenters. The van der Waals surface area contributed by atoms with Crippen molar-refractivity contribution in [1.29, 1.82) is 0 Å². The molecule has 1 saturated heterocycles. The van der Waals surface area contributed by atoms with Crippen molar-refractivity contribution < 1.29 is 9.59 Å². The molecule has 0 aliphatic carbocycles. The van der Waals surface area contributed by atoms with E-state index in [1.54, 1.807) is 0 Å². The maximum Gasteiger partial charge on any atom is 0.225 e. The smallest absolute Gasteiger partial charge is 0.225 e. The molecule has 20 heavy (non-hydrogen) atoms. The Bertz CT molecular complexity index is 329. The van der Waals surface area contributed by atoms with E-state index >= 15 is 0 Å². The van der Waals surface area contributed by atoms with Gasteiger partial charge in [-0.25, -0.2) is 0 Å². The number of carbonyl (C=O) groups is 2. The van der Waals surface area contributed by atoms with Gasteiger partial charge in [-0.15, -0.1) is 12.4 Å². The topological polar surface area (TPSA) is 70.2 Å². The summed E-state index contributed by atoms with van der Waals surface area (Å²) < 4.78 is 0. The van der Waals surface area contributed by atoms with Crippen LogP contribution in [0.25, 0.3) is 0 Å². The Kier molecular flexibility index (Phi) is 8.13. The first-order valence-electron chi connectivity index (χ1n) is 7.12. The second kappa shape index (κ2) is 8.47. The summed E-state index contributed by atoms with van der Waals surface area (Å²) in [6.07, 6.45) is 2.45. The lowest BCUT2D eigenvalue weighted by atomic mass is 9.96. The Hall–Kier alpha value is -0.810. The van der Waals surface area contributed by atoms with Crippen molar-refractivity contribution in [3.05, 3.63) is 0 Å². The minimum Gasteiger partial charge on any atom is -0.355 e. The molecule has 5 nitrogen and oxygen atoms in total. The number of nitrogens with one attached hydrogen (secondary N) is 3. The van der Waals surface area contributed by atoms with Crippen LogP contribution in [0.5, 0.6) is 0 Å². The molecule has 0 aromatic carbocycles. The van der Waals surface area contributed by atoms with E-state index in [-0.39, 0.29) is 30.3 Å². The third-order valence-electron chi connectivity index (χ3n) is 3.43. The van der Waals surface area contributed by atoms with Crippen LogP contribution in [0.2, 0.25) is 0 Å². The van der Waals surface area contributed by atoms with Crippen LogP contribution >= 0.6 is 12.4 Å². The van der Waals surface area contributed by atoms with Gasteiger partial charge in [0, 0.05) is 30.5 Å². The van der Waals surface area contributed by atoms with Crippen molar-refractivity contribution in [2.75, 3.05) is 13.1 Å². The maximum absolute atomic E-state index is 11.8. The van der Waals surface area contributed by atoms with Crippen LogP contribution in [0, 0.1) is 5.41 Å². The fraction of sp³-hybridized carbons (Fsp3) is 0.857. The summed E-state index contributed by atoms with van der Waals surface area (Å²) in [5.74, 6) is -0.0113. The Morgan fingerprint density at radius 2 is 1.95 bits per heavy atom. The highest BCUT2D eigenvalue weighted by Crippen LogP contribution is 2.12. The zero-order valence-corrected chi connectivity index (χ0v) is 13.7. The summed E-state index contributed by atoms with van der Waals surface area (Å²) in [7, 11) is 0. The van der Waals surface area contributed by atoms with Gasteiger partial charge in [-0.2, -0.15) is 0 Å². The predicted molar refractivity (Wildman–Crippen MR) is 83.0 cm³/mol.